The summed E-state index contributed by atoms with van der Waals surface area (Å²) in [5.74, 6) is 0.340. The molecule has 0 saturated heterocycles. The van der Waals surface area contributed by atoms with E-state index in [1.54, 1.807) is 12.1 Å². The number of quaternary nitrogens is 1. The molecule has 0 spiro atoms. The first kappa shape index (κ1) is 20.9. The van der Waals surface area contributed by atoms with Gasteiger partial charge in [0.25, 0.3) is 0 Å². The Kier molecular flexibility index (Phi) is 7.36. The SMILES string of the molecule is CC[N+](CC)(CCCC(C)Nc1ccc(N)cc1)Cc1cc(N)ccc1O. The fourth-order valence-electron chi connectivity index (χ4n) is 3.60. The molecule has 0 aromatic heterocycles. The maximum Gasteiger partial charge on any atom is 0.124 e. The smallest absolute Gasteiger partial charge is 0.124 e. The molecule has 0 radical (unpaired) electrons. The van der Waals surface area contributed by atoms with Gasteiger partial charge in [0, 0.05) is 23.1 Å². The van der Waals surface area contributed by atoms with E-state index in [-0.39, 0.29) is 0 Å². The molecular formula is C22H35N4O+. The monoisotopic (exact) mass is 371 g/mol. The molecular weight excluding hydrogens is 336 g/mol. The Morgan fingerprint density at radius 1 is 1.00 bits per heavy atom. The van der Waals surface area contributed by atoms with Gasteiger partial charge in [0.1, 0.15) is 12.3 Å². The Bertz CT molecular complexity index is 711. The van der Waals surface area contributed by atoms with Crippen LogP contribution in [0.5, 0.6) is 5.75 Å². The number of rotatable bonds is 10. The normalized spacial score (nSPS) is 12.7. The second-order valence-corrected chi connectivity index (χ2v) is 7.55. The highest BCUT2D eigenvalue weighted by Crippen LogP contribution is 2.25. The van der Waals surface area contributed by atoms with E-state index in [1.807, 2.05) is 30.3 Å². The van der Waals surface area contributed by atoms with Crippen molar-refractivity contribution in [1.82, 2.24) is 0 Å². The largest absolute Gasteiger partial charge is 0.507 e. The molecule has 2 aromatic carbocycles. The fraction of sp³-hybridized carbons (Fsp3) is 0.455. The van der Waals surface area contributed by atoms with Gasteiger partial charge >= 0.3 is 0 Å². The molecule has 0 heterocycles. The number of hydrogen-bond acceptors (Lipinski definition) is 4. The highest BCUT2D eigenvalue weighted by atomic mass is 16.3. The van der Waals surface area contributed by atoms with Crippen molar-refractivity contribution in [3.05, 3.63) is 48.0 Å². The van der Waals surface area contributed by atoms with E-state index in [9.17, 15) is 5.11 Å². The maximum atomic E-state index is 10.2. The van der Waals surface area contributed by atoms with Gasteiger partial charge in [0.2, 0.25) is 0 Å². The molecule has 0 saturated carbocycles. The quantitative estimate of drug-likeness (QED) is 0.287. The van der Waals surface area contributed by atoms with Crippen molar-refractivity contribution in [3.8, 4) is 5.75 Å². The van der Waals surface area contributed by atoms with Crippen molar-refractivity contribution in [3.63, 3.8) is 0 Å². The second-order valence-electron chi connectivity index (χ2n) is 7.55. The number of phenols is 1. The Hall–Kier alpha value is -2.40. The molecule has 2 aromatic rings. The Balaban J connectivity index is 1.92. The minimum Gasteiger partial charge on any atom is -0.507 e. The molecule has 1 unspecified atom stereocenters. The van der Waals surface area contributed by atoms with Crippen LogP contribution in [0.3, 0.4) is 0 Å². The number of nitrogen functional groups attached to an aromatic ring is 2. The fourth-order valence-corrected chi connectivity index (χ4v) is 3.60. The number of nitrogens with zero attached hydrogens (tertiary/aromatic N) is 1. The van der Waals surface area contributed by atoms with Gasteiger partial charge in [0.15, 0.2) is 0 Å². The molecule has 1 atom stereocenters. The van der Waals surface area contributed by atoms with E-state index >= 15 is 0 Å². The minimum atomic E-state index is 0.340. The lowest BCUT2D eigenvalue weighted by Crippen LogP contribution is -2.47. The van der Waals surface area contributed by atoms with Gasteiger partial charge in [-0.05, 0) is 76.1 Å². The zero-order chi connectivity index (χ0) is 19.9. The predicted molar refractivity (Wildman–Crippen MR) is 116 cm³/mol. The molecule has 0 amide bonds. The van der Waals surface area contributed by atoms with Crippen LogP contribution in [-0.4, -0.2) is 35.3 Å². The molecule has 0 aliphatic rings. The molecule has 148 valence electrons. The van der Waals surface area contributed by atoms with Crippen LogP contribution in [0.15, 0.2) is 42.5 Å². The summed E-state index contributed by atoms with van der Waals surface area (Å²) in [5.41, 5.74) is 15.2. The lowest BCUT2D eigenvalue weighted by Gasteiger charge is -2.37. The van der Waals surface area contributed by atoms with Gasteiger partial charge in [-0.25, -0.2) is 0 Å². The molecule has 27 heavy (non-hydrogen) atoms. The highest BCUT2D eigenvalue weighted by molar-refractivity contribution is 5.51. The van der Waals surface area contributed by atoms with E-state index < -0.39 is 0 Å². The number of benzene rings is 2. The third-order valence-electron chi connectivity index (χ3n) is 5.54. The zero-order valence-corrected chi connectivity index (χ0v) is 16.9. The highest BCUT2D eigenvalue weighted by Gasteiger charge is 2.25. The Morgan fingerprint density at radius 2 is 1.63 bits per heavy atom. The van der Waals surface area contributed by atoms with E-state index in [0.717, 1.165) is 60.4 Å². The topological polar surface area (TPSA) is 84.3 Å². The molecule has 0 fully saturated rings. The van der Waals surface area contributed by atoms with Crippen molar-refractivity contribution < 1.29 is 9.59 Å². The summed E-state index contributed by atoms with van der Waals surface area (Å²) in [6, 6.07) is 13.6. The number of anilines is 3. The first-order chi connectivity index (χ1) is 12.9. The zero-order valence-electron chi connectivity index (χ0n) is 16.9. The van der Waals surface area contributed by atoms with Crippen LogP contribution in [0, 0.1) is 0 Å². The van der Waals surface area contributed by atoms with Gasteiger partial charge in [0.05, 0.1) is 25.2 Å². The van der Waals surface area contributed by atoms with Crippen LogP contribution < -0.4 is 16.8 Å². The maximum absolute atomic E-state index is 10.2. The van der Waals surface area contributed by atoms with Gasteiger partial charge in [-0.15, -0.1) is 0 Å². The molecule has 0 aliphatic heterocycles. The van der Waals surface area contributed by atoms with Gasteiger partial charge < -0.3 is 26.4 Å². The van der Waals surface area contributed by atoms with E-state index in [1.165, 1.54) is 0 Å². The summed E-state index contributed by atoms with van der Waals surface area (Å²) >= 11 is 0. The first-order valence-corrected chi connectivity index (χ1v) is 9.92. The van der Waals surface area contributed by atoms with Gasteiger partial charge in [-0.1, -0.05) is 0 Å². The van der Waals surface area contributed by atoms with Crippen LogP contribution in [0.2, 0.25) is 0 Å². The summed E-state index contributed by atoms with van der Waals surface area (Å²) in [6.45, 7) is 10.6. The van der Waals surface area contributed by atoms with Gasteiger partial charge in [-0.3, -0.25) is 0 Å². The number of nitrogens with two attached hydrogens (primary N) is 2. The average molecular weight is 372 g/mol. The number of aromatic hydroxyl groups is 1. The van der Waals surface area contributed by atoms with Crippen molar-refractivity contribution in [2.45, 2.75) is 46.2 Å². The number of hydrogen-bond donors (Lipinski definition) is 4. The summed E-state index contributed by atoms with van der Waals surface area (Å²) in [7, 11) is 0. The van der Waals surface area contributed by atoms with Crippen molar-refractivity contribution in [2.75, 3.05) is 36.4 Å². The molecule has 2 rings (SSSR count). The summed E-state index contributed by atoms with van der Waals surface area (Å²) in [5, 5.41) is 13.7. The summed E-state index contributed by atoms with van der Waals surface area (Å²) < 4.78 is 0.950. The molecule has 5 heteroatoms. The third-order valence-corrected chi connectivity index (χ3v) is 5.54. The predicted octanol–water partition coefficient (Wildman–Crippen LogP) is 4.19. The minimum absolute atomic E-state index is 0.340. The average Bonchev–Trinajstić information content (AvgIpc) is 2.65. The molecule has 6 N–H and O–H groups in total. The van der Waals surface area contributed by atoms with Crippen LogP contribution in [0.4, 0.5) is 17.1 Å². The number of nitrogens with one attached hydrogen (secondary N) is 1. The third kappa shape index (κ3) is 6.07. The molecule has 5 nitrogen and oxygen atoms in total. The van der Waals surface area contributed by atoms with E-state index in [0.29, 0.717) is 17.5 Å². The van der Waals surface area contributed by atoms with E-state index in [4.69, 9.17) is 11.5 Å². The lowest BCUT2D eigenvalue weighted by atomic mass is 10.1. The van der Waals surface area contributed by atoms with Gasteiger partial charge in [-0.2, -0.15) is 0 Å². The summed E-state index contributed by atoms with van der Waals surface area (Å²) in [4.78, 5) is 0. The van der Waals surface area contributed by atoms with Crippen LogP contribution in [-0.2, 0) is 6.54 Å². The standard InChI is InChI=1S/C22H34N4O/c1-4-26(5-2,16-18-15-20(24)10-13-22(18)27)14-6-7-17(3)25-21-11-8-19(23)9-12-21/h8-13,15,17,25H,4-7,14,16,23-24H2,1-3H3/p+1. The van der Waals surface area contributed by atoms with Crippen LogP contribution in [0.25, 0.3) is 0 Å². The summed E-state index contributed by atoms with van der Waals surface area (Å²) in [6.07, 6.45) is 2.21. The molecule has 0 bridgehead atoms. The van der Waals surface area contributed by atoms with E-state index in [2.05, 4.69) is 26.1 Å². The Labute approximate surface area is 163 Å². The number of phenolic OH excluding ortho intramolecular Hbond substituents is 1. The van der Waals surface area contributed by atoms with Crippen molar-refractivity contribution >= 4 is 17.1 Å². The molecule has 0 aliphatic carbocycles. The van der Waals surface area contributed by atoms with Crippen molar-refractivity contribution in [2.24, 2.45) is 0 Å². The van der Waals surface area contributed by atoms with Crippen LogP contribution >= 0.6 is 0 Å². The second kappa shape index (κ2) is 9.51. The first-order valence-electron chi connectivity index (χ1n) is 9.92. The van der Waals surface area contributed by atoms with Crippen molar-refractivity contribution in [1.29, 1.82) is 0 Å². The Morgan fingerprint density at radius 3 is 2.26 bits per heavy atom. The van der Waals surface area contributed by atoms with Crippen LogP contribution in [0.1, 0.15) is 39.2 Å². The lowest BCUT2D eigenvalue weighted by molar-refractivity contribution is -0.938.